The molecule has 19 heavy (non-hydrogen) atoms. The lowest BCUT2D eigenvalue weighted by Gasteiger charge is -2.16. The van der Waals surface area contributed by atoms with E-state index in [-0.39, 0.29) is 14.9 Å². The van der Waals surface area contributed by atoms with Crippen LogP contribution in [0.2, 0.25) is 0 Å². The molecule has 1 aliphatic rings. The van der Waals surface area contributed by atoms with Gasteiger partial charge in [-0.3, -0.25) is 9.59 Å². The number of carbonyl (C=O) groups is 2. The Kier molecular flexibility index (Phi) is 4.85. The van der Waals surface area contributed by atoms with Gasteiger partial charge in [-0.25, -0.2) is 0 Å². The predicted octanol–water partition coefficient (Wildman–Crippen LogP) is 0.757. The molecular formula is C12H15N2O4P. The van der Waals surface area contributed by atoms with Gasteiger partial charge in [-0.1, -0.05) is 18.2 Å². The van der Waals surface area contributed by atoms with Gasteiger partial charge in [-0.2, -0.15) is 0 Å². The van der Waals surface area contributed by atoms with Gasteiger partial charge in [0, 0.05) is 5.56 Å². The minimum atomic E-state index is -0.929. The number of nitrogens with one attached hydrogen (secondary N) is 2. The summed E-state index contributed by atoms with van der Waals surface area (Å²) in [6, 6.07) is 8.10. The van der Waals surface area contributed by atoms with Crippen LogP contribution in [0.4, 0.5) is 0 Å². The molecule has 0 bridgehead atoms. The molecular weight excluding hydrogens is 267 g/mol. The van der Waals surface area contributed by atoms with Crippen molar-refractivity contribution >= 4 is 20.8 Å². The summed E-state index contributed by atoms with van der Waals surface area (Å²) in [5, 5.41) is 14.4. The van der Waals surface area contributed by atoms with Gasteiger partial charge < -0.3 is 20.0 Å². The number of carbonyl (C=O) groups excluding carboxylic acids is 1. The standard InChI is InChI=1S/C12H15N2O4P/c15-11(8-4-2-1-3-5-8)14-19-18-9-6-7-13-10(9)12(16)17/h1-5,9-10,13,19H,6-7H2,(H,14,15)(H,16,17)/t9-,10?/m1/s1. The van der Waals surface area contributed by atoms with Crippen molar-refractivity contribution in [2.45, 2.75) is 18.6 Å². The summed E-state index contributed by atoms with van der Waals surface area (Å²) in [7, 11) is -0.252. The van der Waals surface area contributed by atoms with E-state index in [0.29, 0.717) is 18.5 Å². The SMILES string of the molecule is O=C(NPO[C@@H]1CCNC1C(=O)O)c1ccccc1. The molecule has 0 aliphatic carbocycles. The van der Waals surface area contributed by atoms with Crippen LogP contribution in [-0.4, -0.2) is 35.7 Å². The lowest BCUT2D eigenvalue weighted by atomic mass is 10.2. The summed E-state index contributed by atoms with van der Waals surface area (Å²) in [6.07, 6.45) is 0.234. The Hall–Kier alpha value is -1.49. The highest BCUT2D eigenvalue weighted by atomic mass is 31.1. The van der Waals surface area contributed by atoms with Gasteiger partial charge >= 0.3 is 5.97 Å². The molecule has 1 saturated heterocycles. The first-order chi connectivity index (χ1) is 9.18. The minimum Gasteiger partial charge on any atom is -0.480 e. The minimum absolute atomic E-state index is 0.225. The molecule has 0 saturated carbocycles. The molecule has 0 radical (unpaired) electrons. The zero-order chi connectivity index (χ0) is 13.7. The second-order valence-electron chi connectivity index (χ2n) is 4.14. The van der Waals surface area contributed by atoms with Gasteiger partial charge in [0.25, 0.3) is 5.91 Å². The highest BCUT2D eigenvalue weighted by Gasteiger charge is 2.33. The molecule has 0 spiro atoms. The van der Waals surface area contributed by atoms with Crippen LogP contribution < -0.4 is 10.4 Å². The number of hydrogen-bond acceptors (Lipinski definition) is 4. The molecule has 1 aromatic rings. The Labute approximate surface area is 112 Å². The normalized spacial score (nSPS) is 22.7. The van der Waals surface area contributed by atoms with E-state index < -0.39 is 18.1 Å². The second-order valence-corrected chi connectivity index (χ2v) is 4.83. The maximum absolute atomic E-state index is 11.7. The second kappa shape index (κ2) is 6.61. The lowest BCUT2D eigenvalue weighted by molar-refractivity contribution is -0.140. The van der Waals surface area contributed by atoms with Crippen molar-refractivity contribution in [2.24, 2.45) is 0 Å². The Balaban J connectivity index is 1.78. The smallest absolute Gasteiger partial charge is 0.323 e. The zero-order valence-electron chi connectivity index (χ0n) is 10.1. The van der Waals surface area contributed by atoms with Crippen LogP contribution in [0.15, 0.2) is 30.3 Å². The molecule has 1 heterocycles. The Morgan fingerprint density at radius 1 is 1.37 bits per heavy atom. The Morgan fingerprint density at radius 2 is 2.11 bits per heavy atom. The van der Waals surface area contributed by atoms with Gasteiger partial charge in [-0.15, -0.1) is 0 Å². The van der Waals surface area contributed by atoms with Crippen LogP contribution >= 0.6 is 8.96 Å². The monoisotopic (exact) mass is 282 g/mol. The molecule has 0 aromatic heterocycles. The average molecular weight is 282 g/mol. The highest BCUT2D eigenvalue weighted by molar-refractivity contribution is 7.30. The first kappa shape index (κ1) is 13.9. The molecule has 1 amide bonds. The highest BCUT2D eigenvalue weighted by Crippen LogP contribution is 2.20. The summed E-state index contributed by atoms with van der Waals surface area (Å²) in [5.74, 6) is -1.15. The van der Waals surface area contributed by atoms with Gasteiger partial charge in [0.1, 0.15) is 15.0 Å². The van der Waals surface area contributed by atoms with Crippen LogP contribution in [0, 0.1) is 0 Å². The molecule has 102 valence electrons. The molecule has 1 aliphatic heterocycles. The number of rotatable bonds is 5. The van der Waals surface area contributed by atoms with Crippen molar-refractivity contribution in [3.8, 4) is 0 Å². The topological polar surface area (TPSA) is 87.7 Å². The number of aliphatic carboxylic acids is 1. The number of hydrogen-bond donors (Lipinski definition) is 3. The van der Waals surface area contributed by atoms with Crippen LogP contribution in [0.3, 0.4) is 0 Å². The van der Waals surface area contributed by atoms with Crippen molar-refractivity contribution < 1.29 is 19.2 Å². The van der Waals surface area contributed by atoms with Crippen molar-refractivity contribution in [3.63, 3.8) is 0 Å². The van der Waals surface area contributed by atoms with E-state index in [4.69, 9.17) is 9.63 Å². The first-order valence-electron chi connectivity index (χ1n) is 5.90. The molecule has 7 heteroatoms. The summed E-state index contributed by atoms with van der Waals surface area (Å²) < 4.78 is 5.42. The molecule has 3 atom stereocenters. The molecule has 1 fully saturated rings. The third-order valence-corrected chi connectivity index (χ3v) is 3.59. The number of carboxylic acid groups (broad SMARTS) is 1. The van der Waals surface area contributed by atoms with E-state index in [9.17, 15) is 9.59 Å². The maximum atomic E-state index is 11.7. The molecule has 1 aromatic carbocycles. The maximum Gasteiger partial charge on any atom is 0.323 e. The van der Waals surface area contributed by atoms with Crippen molar-refractivity contribution in [1.82, 2.24) is 10.4 Å². The van der Waals surface area contributed by atoms with Crippen LogP contribution in [-0.2, 0) is 9.32 Å². The summed E-state index contributed by atoms with van der Waals surface area (Å²) >= 11 is 0. The average Bonchev–Trinajstić information content (AvgIpc) is 2.88. The molecule has 2 unspecified atom stereocenters. The largest absolute Gasteiger partial charge is 0.480 e. The van der Waals surface area contributed by atoms with E-state index in [0.717, 1.165) is 0 Å². The van der Waals surface area contributed by atoms with Crippen molar-refractivity contribution in [1.29, 1.82) is 0 Å². The first-order valence-corrected chi connectivity index (χ1v) is 6.81. The predicted molar refractivity (Wildman–Crippen MR) is 71.1 cm³/mol. The zero-order valence-corrected chi connectivity index (χ0v) is 11.1. The molecule has 2 rings (SSSR count). The Morgan fingerprint density at radius 3 is 2.79 bits per heavy atom. The molecule has 6 nitrogen and oxygen atoms in total. The van der Waals surface area contributed by atoms with Crippen molar-refractivity contribution in [3.05, 3.63) is 35.9 Å². The number of benzene rings is 1. The van der Waals surface area contributed by atoms with Crippen molar-refractivity contribution in [2.75, 3.05) is 6.54 Å². The van der Waals surface area contributed by atoms with E-state index in [1.165, 1.54) is 0 Å². The quantitative estimate of drug-likeness (QED) is 0.694. The van der Waals surface area contributed by atoms with Crippen LogP contribution in [0.25, 0.3) is 0 Å². The van der Waals surface area contributed by atoms with Gasteiger partial charge in [-0.05, 0) is 25.1 Å². The lowest BCUT2D eigenvalue weighted by Crippen LogP contribution is -2.39. The summed E-state index contributed by atoms with van der Waals surface area (Å²) in [4.78, 5) is 22.6. The van der Waals surface area contributed by atoms with Gasteiger partial charge in [0.05, 0.1) is 6.10 Å². The molecule has 3 N–H and O–H groups in total. The fraction of sp³-hybridized carbons (Fsp3) is 0.333. The van der Waals surface area contributed by atoms with E-state index in [1.807, 2.05) is 6.07 Å². The van der Waals surface area contributed by atoms with Crippen LogP contribution in [0.5, 0.6) is 0 Å². The Bertz CT molecular complexity index is 454. The van der Waals surface area contributed by atoms with E-state index in [1.54, 1.807) is 24.3 Å². The van der Waals surface area contributed by atoms with E-state index >= 15 is 0 Å². The van der Waals surface area contributed by atoms with Gasteiger partial charge in [0.15, 0.2) is 0 Å². The summed E-state index contributed by atoms with van der Waals surface area (Å²) in [6.45, 7) is 0.610. The fourth-order valence-electron chi connectivity index (χ4n) is 1.87. The fourth-order valence-corrected chi connectivity index (χ4v) is 2.57. The number of amides is 1. The van der Waals surface area contributed by atoms with Gasteiger partial charge in [0.2, 0.25) is 0 Å². The third kappa shape index (κ3) is 3.73. The third-order valence-electron chi connectivity index (χ3n) is 2.84. The van der Waals surface area contributed by atoms with Crippen LogP contribution in [0.1, 0.15) is 16.8 Å². The summed E-state index contributed by atoms with van der Waals surface area (Å²) in [5.41, 5.74) is 0.554. The number of carboxylic acids is 1. The van der Waals surface area contributed by atoms with E-state index in [2.05, 4.69) is 10.4 Å².